The molecule has 0 unspecified atom stereocenters. The molecular weight excluding hydrogens is 475 g/mol. The van der Waals surface area contributed by atoms with Crippen LogP contribution in [0.5, 0.6) is 0 Å². The van der Waals surface area contributed by atoms with E-state index in [1.54, 1.807) is 16.9 Å². The number of carbonyl (C=O) groups is 1. The first-order chi connectivity index (χ1) is 14.3. The van der Waals surface area contributed by atoms with Crippen LogP contribution in [-0.4, -0.2) is 30.1 Å². The molecule has 1 saturated carbocycles. The van der Waals surface area contributed by atoms with Gasteiger partial charge in [0.15, 0.2) is 0 Å². The summed E-state index contributed by atoms with van der Waals surface area (Å²) >= 11 is 3.38. The summed E-state index contributed by atoms with van der Waals surface area (Å²) in [6.45, 7) is 0.435. The second-order valence-corrected chi connectivity index (χ2v) is 9.59. The number of anilines is 1. The molecule has 1 fully saturated rings. The van der Waals surface area contributed by atoms with Crippen LogP contribution in [0.3, 0.4) is 0 Å². The van der Waals surface area contributed by atoms with Crippen LogP contribution in [0.4, 0.5) is 10.2 Å². The summed E-state index contributed by atoms with van der Waals surface area (Å²) < 4.78 is 43.9. The van der Waals surface area contributed by atoms with Crippen LogP contribution in [0, 0.1) is 5.82 Å². The lowest BCUT2D eigenvalue weighted by atomic mass is 10.2. The van der Waals surface area contributed by atoms with E-state index in [9.17, 15) is 17.6 Å². The number of hydrogen-bond donors (Lipinski definition) is 2. The van der Waals surface area contributed by atoms with Crippen molar-refractivity contribution in [2.45, 2.75) is 30.3 Å². The molecule has 1 aromatic heterocycles. The third-order valence-corrected chi connectivity index (χ3v) is 6.65. The average molecular weight is 493 g/mol. The van der Waals surface area contributed by atoms with E-state index in [0.717, 1.165) is 35.0 Å². The fraction of sp³-hybridized carbons (Fsp3) is 0.200. The van der Waals surface area contributed by atoms with E-state index in [2.05, 4.69) is 31.1 Å². The quantitative estimate of drug-likeness (QED) is 0.527. The monoisotopic (exact) mass is 492 g/mol. The summed E-state index contributed by atoms with van der Waals surface area (Å²) in [5, 5.41) is 6.92. The van der Waals surface area contributed by atoms with Crippen molar-refractivity contribution in [1.29, 1.82) is 0 Å². The van der Waals surface area contributed by atoms with E-state index in [1.165, 1.54) is 6.07 Å². The van der Waals surface area contributed by atoms with Crippen molar-refractivity contribution in [2.24, 2.45) is 0 Å². The van der Waals surface area contributed by atoms with Crippen LogP contribution in [0.15, 0.2) is 64.1 Å². The second kappa shape index (κ2) is 8.29. The molecular formula is C20H18BrFN4O3S. The second-order valence-electron chi connectivity index (χ2n) is 7.00. The molecule has 1 aliphatic rings. The van der Waals surface area contributed by atoms with Crippen molar-refractivity contribution in [3.8, 4) is 0 Å². The summed E-state index contributed by atoms with van der Waals surface area (Å²) in [6.07, 6.45) is 3.00. The maximum absolute atomic E-state index is 14.1. The molecule has 0 bridgehead atoms. The molecule has 7 nitrogen and oxygen atoms in total. The fourth-order valence-corrected chi connectivity index (χ4v) is 4.52. The normalized spacial score (nSPS) is 13.9. The highest BCUT2D eigenvalue weighted by Gasteiger charge is 2.30. The van der Waals surface area contributed by atoms with Crippen molar-refractivity contribution in [1.82, 2.24) is 14.5 Å². The Balaban J connectivity index is 1.53. The van der Waals surface area contributed by atoms with Crippen molar-refractivity contribution in [3.63, 3.8) is 0 Å². The van der Waals surface area contributed by atoms with Gasteiger partial charge in [-0.15, -0.1) is 0 Å². The van der Waals surface area contributed by atoms with Gasteiger partial charge in [-0.3, -0.25) is 4.79 Å². The number of aromatic nitrogens is 2. The molecule has 30 heavy (non-hydrogen) atoms. The molecule has 156 valence electrons. The molecule has 0 aliphatic heterocycles. The Morgan fingerprint density at radius 3 is 2.60 bits per heavy atom. The minimum Gasteiger partial charge on any atom is -0.307 e. The maximum Gasteiger partial charge on any atom is 0.256 e. The Labute approximate surface area is 181 Å². The van der Waals surface area contributed by atoms with Crippen LogP contribution < -0.4 is 10.0 Å². The predicted octanol–water partition coefficient (Wildman–Crippen LogP) is 3.53. The molecule has 2 N–H and O–H groups in total. The van der Waals surface area contributed by atoms with E-state index in [0.29, 0.717) is 12.4 Å². The fourth-order valence-electron chi connectivity index (χ4n) is 2.85. The maximum atomic E-state index is 14.1. The van der Waals surface area contributed by atoms with Crippen molar-refractivity contribution >= 4 is 37.7 Å². The molecule has 2 aromatic carbocycles. The third-order valence-electron chi connectivity index (χ3n) is 4.59. The zero-order valence-electron chi connectivity index (χ0n) is 15.7. The number of sulfonamides is 1. The highest BCUT2D eigenvalue weighted by Crippen LogP contribution is 2.24. The Kier molecular flexibility index (Phi) is 5.72. The van der Waals surface area contributed by atoms with Crippen LogP contribution in [0.25, 0.3) is 0 Å². The molecule has 1 amide bonds. The van der Waals surface area contributed by atoms with E-state index < -0.39 is 26.6 Å². The highest BCUT2D eigenvalue weighted by molar-refractivity contribution is 9.10. The minimum absolute atomic E-state index is 0.0314. The van der Waals surface area contributed by atoms with Crippen molar-refractivity contribution in [3.05, 3.63) is 76.1 Å². The van der Waals surface area contributed by atoms with Crippen LogP contribution >= 0.6 is 15.9 Å². The van der Waals surface area contributed by atoms with Gasteiger partial charge in [-0.1, -0.05) is 28.1 Å². The molecule has 1 heterocycles. The average Bonchev–Trinajstić information content (AvgIpc) is 3.41. The molecule has 0 radical (unpaired) electrons. The van der Waals surface area contributed by atoms with Gasteiger partial charge in [-0.25, -0.2) is 22.2 Å². The molecule has 0 saturated heterocycles. The van der Waals surface area contributed by atoms with Gasteiger partial charge in [0.25, 0.3) is 5.91 Å². The molecule has 1 aliphatic carbocycles. The molecule has 10 heteroatoms. The summed E-state index contributed by atoms with van der Waals surface area (Å²) in [7, 11) is -4.02. The standard InChI is InChI=1S/C20H18BrFN4O3S/c21-15-4-1-13(2-5-15)12-26-19(9-10-23-26)24-20(27)14-3-8-17(22)18(11-14)30(28,29)25-16-6-7-16/h1-5,8-11,16,25H,6-7,12H2,(H,24,27). The lowest BCUT2D eigenvalue weighted by Crippen LogP contribution is -2.27. The molecule has 4 rings (SSSR count). The van der Waals surface area contributed by atoms with Gasteiger partial charge in [0.1, 0.15) is 16.5 Å². The number of nitrogens with one attached hydrogen (secondary N) is 2. The van der Waals surface area contributed by atoms with Gasteiger partial charge in [-0.2, -0.15) is 5.10 Å². The Morgan fingerprint density at radius 1 is 1.17 bits per heavy atom. The number of benzene rings is 2. The van der Waals surface area contributed by atoms with Gasteiger partial charge >= 0.3 is 0 Å². The van der Waals surface area contributed by atoms with Gasteiger partial charge in [0.2, 0.25) is 10.0 Å². The van der Waals surface area contributed by atoms with Crippen LogP contribution in [0.1, 0.15) is 28.8 Å². The number of nitrogens with zero attached hydrogens (tertiary/aromatic N) is 2. The first-order valence-electron chi connectivity index (χ1n) is 9.21. The predicted molar refractivity (Wildman–Crippen MR) is 113 cm³/mol. The zero-order chi connectivity index (χ0) is 21.3. The highest BCUT2D eigenvalue weighted by atomic mass is 79.9. The van der Waals surface area contributed by atoms with Crippen molar-refractivity contribution in [2.75, 3.05) is 5.32 Å². The zero-order valence-corrected chi connectivity index (χ0v) is 18.1. The van der Waals surface area contributed by atoms with Gasteiger partial charge in [0.05, 0.1) is 12.7 Å². The van der Waals surface area contributed by atoms with Gasteiger partial charge in [-0.05, 0) is 48.7 Å². The largest absolute Gasteiger partial charge is 0.307 e. The van der Waals surface area contributed by atoms with Crippen LogP contribution in [0.2, 0.25) is 0 Å². The van der Waals surface area contributed by atoms with Crippen LogP contribution in [-0.2, 0) is 16.6 Å². The Bertz CT molecular complexity index is 1190. The van der Waals surface area contributed by atoms with Gasteiger partial charge in [0, 0.05) is 22.1 Å². The summed E-state index contributed by atoms with van der Waals surface area (Å²) in [5.41, 5.74) is 1.02. The lowest BCUT2D eigenvalue weighted by molar-refractivity contribution is 0.102. The van der Waals surface area contributed by atoms with E-state index in [4.69, 9.17) is 0 Å². The molecule has 3 aromatic rings. The topological polar surface area (TPSA) is 93.1 Å². The first-order valence-corrected chi connectivity index (χ1v) is 11.5. The summed E-state index contributed by atoms with van der Waals surface area (Å²) in [6, 6.07) is 12.4. The van der Waals surface area contributed by atoms with Gasteiger partial charge < -0.3 is 5.32 Å². The summed E-state index contributed by atoms with van der Waals surface area (Å²) in [4.78, 5) is 12.2. The number of rotatable bonds is 7. The first kappa shape index (κ1) is 20.7. The lowest BCUT2D eigenvalue weighted by Gasteiger charge is -2.11. The number of amides is 1. The van der Waals surface area contributed by atoms with E-state index in [-0.39, 0.29) is 11.6 Å². The minimum atomic E-state index is -4.02. The molecule has 0 atom stereocenters. The SMILES string of the molecule is O=C(Nc1ccnn1Cc1ccc(Br)cc1)c1ccc(F)c(S(=O)(=O)NC2CC2)c1. The third kappa shape index (κ3) is 4.77. The van der Waals surface area contributed by atoms with Crippen molar-refractivity contribution < 1.29 is 17.6 Å². The number of carbonyl (C=O) groups excluding carboxylic acids is 1. The Hall–Kier alpha value is -2.56. The molecule has 0 spiro atoms. The summed E-state index contributed by atoms with van der Waals surface area (Å²) in [5.74, 6) is -1.02. The number of hydrogen-bond acceptors (Lipinski definition) is 4. The van der Waals surface area contributed by atoms with E-state index in [1.807, 2.05) is 24.3 Å². The number of halogens is 2. The smallest absolute Gasteiger partial charge is 0.256 e. The van der Waals surface area contributed by atoms with E-state index >= 15 is 0 Å². The Morgan fingerprint density at radius 2 is 1.90 bits per heavy atom.